The Morgan fingerprint density at radius 1 is 0.886 bits per heavy atom. The summed E-state index contributed by atoms with van der Waals surface area (Å²) in [6.07, 6.45) is 8.44. The van der Waals surface area contributed by atoms with E-state index in [0.29, 0.717) is 30.2 Å². The zero-order valence-corrected chi connectivity index (χ0v) is 26.5. The Morgan fingerprint density at radius 2 is 1.57 bits per heavy atom. The Morgan fingerprint density at radius 3 is 2.27 bits per heavy atom. The van der Waals surface area contributed by atoms with Gasteiger partial charge in [0.05, 0.1) is 16.6 Å². The second kappa shape index (κ2) is 11.8. The summed E-state index contributed by atoms with van der Waals surface area (Å²) in [5.74, 6) is 0.335. The minimum atomic E-state index is -0.813. The predicted molar refractivity (Wildman–Crippen MR) is 176 cm³/mol. The number of nitrogens with zero attached hydrogens (tertiary/aromatic N) is 4. The molecule has 3 saturated heterocycles. The molecular formula is C38H46N4O2. The first-order valence-electron chi connectivity index (χ1n) is 16.6. The molecule has 0 saturated carbocycles. The van der Waals surface area contributed by atoms with E-state index in [4.69, 9.17) is 4.98 Å². The van der Waals surface area contributed by atoms with Crippen LogP contribution in [0.2, 0.25) is 0 Å². The number of hydrogen-bond acceptors (Lipinski definition) is 4. The van der Waals surface area contributed by atoms with Gasteiger partial charge in [-0.25, -0.2) is 9.78 Å². The molecule has 1 aromatic heterocycles. The van der Waals surface area contributed by atoms with Gasteiger partial charge in [0.15, 0.2) is 0 Å². The molecule has 0 aliphatic carbocycles. The van der Waals surface area contributed by atoms with Crippen molar-refractivity contribution < 1.29 is 9.90 Å². The maximum atomic E-state index is 12.2. The summed E-state index contributed by atoms with van der Waals surface area (Å²) in [4.78, 5) is 22.4. The molecule has 3 aliphatic heterocycles. The van der Waals surface area contributed by atoms with E-state index < -0.39 is 5.97 Å². The highest BCUT2D eigenvalue weighted by molar-refractivity contribution is 5.91. The van der Waals surface area contributed by atoms with Crippen LogP contribution in [0.4, 0.5) is 0 Å². The Bertz CT molecular complexity index is 1640. The summed E-state index contributed by atoms with van der Waals surface area (Å²) in [7, 11) is 0. The van der Waals surface area contributed by atoms with Crippen LogP contribution in [-0.2, 0) is 12.0 Å². The minimum absolute atomic E-state index is 0.157. The van der Waals surface area contributed by atoms with Crippen molar-refractivity contribution >= 4 is 17.0 Å². The number of carbonyl (C=O) groups is 1. The molecule has 6 nitrogen and oxygen atoms in total. The molecular weight excluding hydrogens is 544 g/mol. The maximum absolute atomic E-state index is 12.2. The van der Waals surface area contributed by atoms with Gasteiger partial charge in [-0.2, -0.15) is 0 Å². The number of aryl methyl sites for hydroxylation is 2. The van der Waals surface area contributed by atoms with Gasteiger partial charge in [0.2, 0.25) is 0 Å². The summed E-state index contributed by atoms with van der Waals surface area (Å²) in [5.41, 5.74) is 7.39. The quantitative estimate of drug-likeness (QED) is 0.231. The van der Waals surface area contributed by atoms with Crippen LogP contribution in [0.1, 0.15) is 89.4 Å². The number of aromatic carboxylic acids is 1. The number of imidazole rings is 1. The molecule has 3 aliphatic rings. The smallest absolute Gasteiger partial charge is 0.336 e. The van der Waals surface area contributed by atoms with Gasteiger partial charge in [-0.15, -0.1) is 0 Å². The van der Waals surface area contributed by atoms with Gasteiger partial charge in [0.25, 0.3) is 0 Å². The molecule has 1 N–H and O–H groups in total. The topological polar surface area (TPSA) is 61.6 Å². The average Bonchev–Trinajstić information content (AvgIpc) is 3.49. The van der Waals surface area contributed by atoms with Crippen LogP contribution in [0.25, 0.3) is 11.0 Å². The van der Waals surface area contributed by atoms with E-state index in [0.717, 1.165) is 60.5 Å². The van der Waals surface area contributed by atoms with Crippen molar-refractivity contribution in [3.8, 4) is 0 Å². The number of carboxylic acids is 1. The number of benzene rings is 3. The van der Waals surface area contributed by atoms with Gasteiger partial charge in [0.1, 0.15) is 5.82 Å². The highest BCUT2D eigenvalue weighted by Crippen LogP contribution is 2.45. The van der Waals surface area contributed by atoms with Crippen LogP contribution in [0.5, 0.6) is 0 Å². The normalized spacial score (nSPS) is 23.8. The van der Waals surface area contributed by atoms with Crippen molar-refractivity contribution in [1.29, 1.82) is 0 Å². The lowest BCUT2D eigenvalue weighted by Crippen LogP contribution is -2.48. The van der Waals surface area contributed by atoms with Gasteiger partial charge in [-0.3, -0.25) is 9.80 Å². The van der Waals surface area contributed by atoms with Crippen LogP contribution in [0.3, 0.4) is 0 Å². The van der Waals surface area contributed by atoms with E-state index >= 15 is 0 Å². The standard InChI is InChI=1S/C38H46N4O2/c1-26-13-14-29(36(27(26)2)37(43)44)25-40-20-17-38(18-21-40,30-9-5-4-6-10-30)19-22-41-31-15-16-32(41)24-33(23-31)42-28(3)39-34-11-7-8-12-35(34)42/h4-14,31-33H,15-25H2,1-3H3,(H,43,44)/t31-,32+,33?. The average molecular weight is 591 g/mol. The second-order valence-electron chi connectivity index (χ2n) is 13.8. The largest absolute Gasteiger partial charge is 0.478 e. The molecule has 4 heterocycles. The fourth-order valence-electron chi connectivity index (χ4n) is 8.95. The maximum Gasteiger partial charge on any atom is 0.336 e. The molecule has 3 aromatic carbocycles. The molecule has 6 heteroatoms. The molecule has 0 radical (unpaired) electrons. The van der Waals surface area contributed by atoms with Crippen LogP contribution in [0, 0.1) is 20.8 Å². The number of piperidine rings is 2. The highest BCUT2D eigenvalue weighted by atomic mass is 16.4. The molecule has 7 rings (SSSR count). The lowest BCUT2D eigenvalue weighted by molar-refractivity contribution is 0.0689. The van der Waals surface area contributed by atoms with Gasteiger partial charge in [0, 0.05) is 24.7 Å². The zero-order chi connectivity index (χ0) is 30.4. The van der Waals surface area contributed by atoms with Crippen LogP contribution >= 0.6 is 0 Å². The first-order valence-corrected chi connectivity index (χ1v) is 16.6. The van der Waals surface area contributed by atoms with Crippen molar-refractivity contribution in [2.45, 2.75) is 95.8 Å². The number of rotatable bonds is 8. The first-order chi connectivity index (χ1) is 21.3. The third kappa shape index (κ3) is 5.26. The third-order valence-electron chi connectivity index (χ3n) is 11.5. The molecule has 44 heavy (non-hydrogen) atoms. The monoisotopic (exact) mass is 590 g/mol. The van der Waals surface area contributed by atoms with Gasteiger partial charge in [-0.05, 0) is 125 Å². The summed E-state index contributed by atoms with van der Waals surface area (Å²) >= 11 is 0. The number of fused-ring (bicyclic) bond motifs is 3. The molecule has 2 bridgehead atoms. The lowest BCUT2D eigenvalue weighted by Gasteiger charge is -2.46. The number of aromatic nitrogens is 2. The van der Waals surface area contributed by atoms with E-state index in [1.807, 2.05) is 19.9 Å². The highest BCUT2D eigenvalue weighted by Gasteiger charge is 2.44. The zero-order valence-electron chi connectivity index (χ0n) is 26.5. The molecule has 0 spiro atoms. The summed E-state index contributed by atoms with van der Waals surface area (Å²) in [6.45, 7) is 9.94. The van der Waals surface area contributed by atoms with Crippen molar-refractivity contribution in [2.75, 3.05) is 19.6 Å². The summed E-state index contributed by atoms with van der Waals surface area (Å²) < 4.78 is 2.53. The van der Waals surface area contributed by atoms with Crippen molar-refractivity contribution in [3.63, 3.8) is 0 Å². The van der Waals surface area contributed by atoms with Crippen LogP contribution in [0.15, 0.2) is 66.7 Å². The fourth-order valence-corrected chi connectivity index (χ4v) is 8.95. The molecule has 3 fully saturated rings. The SMILES string of the molecule is Cc1ccc(CN2CCC(CCN3[C@@H]4CC[C@H]3CC(n3c(C)nc5ccccc53)C4)(c3ccccc3)CC2)c(C(=O)O)c1C. The molecule has 4 aromatic rings. The first kappa shape index (κ1) is 29.2. The fraction of sp³-hybridized carbons (Fsp3) is 0.474. The van der Waals surface area contributed by atoms with Crippen molar-refractivity contribution in [1.82, 2.24) is 19.4 Å². The Kier molecular flexibility index (Phi) is 7.84. The van der Waals surface area contributed by atoms with Crippen molar-refractivity contribution in [2.24, 2.45) is 0 Å². The van der Waals surface area contributed by atoms with E-state index in [2.05, 4.69) is 82.0 Å². The van der Waals surface area contributed by atoms with Gasteiger partial charge < -0.3 is 9.67 Å². The number of para-hydroxylation sites is 2. The Labute approximate surface area is 261 Å². The second-order valence-corrected chi connectivity index (χ2v) is 13.8. The number of carboxylic acid groups (broad SMARTS) is 1. The lowest BCUT2D eigenvalue weighted by atomic mass is 9.70. The van der Waals surface area contributed by atoms with Gasteiger partial charge in [-0.1, -0.05) is 54.6 Å². The molecule has 3 atom stereocenters. The number of likely N-dealkylation sites (tertiary alicyclic amines) is 1. The third-order valence-corrected chi connectivity index (χ3v) is 11.5. The summed E-state index contributed by atoms with van der Waals surface area (Å²) in [5, 5.41) is 9.98. The predicted octanol–water partition coefficient (Wildman–Crippen LogP) is 7.45. The van der Waals surface area contributed by atoms with E-state index in [1.54, 1.807) is 0 Å². The Hall–Kier alpha value is -3.48. The Balaban J connectivity index is 1.06. The summed E-state index contributed by atoms with van der Waals surface area (Å²) in [6, 6.07) is 25.8. The number of hydrogen-bond donors (Lipinski definition) is 1. The molecule has 0 amide bonds. The van der Waals surface area contributed by atoms with Gasteiger partial charge >= 0.3 is 5.97 Å². The minimum Gasteiger partial charge on any atom is -0.478 e. The molecule has 1 unspecified atom stereocenters. The van der Waals surface area contributed by atoms with E-state index in [-0.39, 0.29) is 5.41 Å². The van der Waals surface area contributed by atoms with Crippen molar-refractivity contribution in [3.05, 3.63) is 100 Å². The van der Waals surface area contributed by atoms with E-state index in [1.165, 1.54) is 43.2 Å². The van der Waals surface area contributed by atoms with E-state index in [9.17, 15) is 9.90 Å². The van der Waals surface area contributed by atoms with Crippen LogP contribution in [-0.4, -0.2) is 62.1 Å². The molecule has 230 valence electrons. The van der Waals surface area contributed by atoms with Crippen LogP contribution < -0.4 is 0 Å².